The molecule has 0 aliphatic carbocycles. The number of hydrogen-bond donors (Lipinski definition) is 0. The van der Waals surface area contributed by atoms with Crippen LogP contribution < -0.4 is 5.69 Å². The Hall–Kier alpha value is -2.40. The Kier molecular flexibility index (Phi) is 6.58. The first kappa shape index (κ1) is 21.3. The molecule has 0 amide bonds. The highest BCUT2D eigenvalue weighted by Crippen LogP contribution is 2.22. The van der Waals surface area contributed by atoms with Crippen LogP contribution in [0.15, 0.2) is 47.3 Å². The minimum Gasteiger partial charge on any atom is -0.279 e. The average molecular weight is 413 g/mol. The lowest BCUT2D eigenvalue weighted by Gasteiger charge is -2.19. The van der Waals surface area contributed by atoms with E-state index in [4.69, 9.17) is 11.6 Å². The second-order valence-corrected chi connectivity index (χ2v) is 8.74. The average Bonchev–Trinajstić information content (AvgIpc) is 2.96. The Labute approximate surface area is 177 Å². The van der Waals surface area contributed by atoms with Crippen LogP contribution in [0.1, 0.15) is 56.8 Å². The topological polar surface area (TPSA) is 52.7 Å². The summed E-state index contributed by atoms with van der Waals surface area (Å²) in [4.78, 5) is 17.1. The highest BCUT2D eigenvalue weighted by atomic mass is 35.5. The first-order valence-electron chi connectivity index (χ1n) is 10.2. The summed E-state index contributed by atoms with van der Waals surface area (Å²) in [5.41, 5.74) is 3.38. The molecule has 3 aromatic rings. The molecule has 3 rings (SSSR count). The second-order valence-electron chi connectivity index (χ2n) is 8.35. The molecule has 154 valence electrons. The Morgan fingerprint density at radius 2 is 1.76 bits per heavy atom. The zero-order valence-corrected chi connectivity index (χ0v) is 18.4. The summed E-state index contributed by atoms with van der Waals surface area (Å²) in [7, 11) is 0. The van der Waals surface area contributed by atoms with E-state index in [1.54, 1.807) is 15.3 Å². The maximum atomic E-state index is 12.8. The summed E-state index contributed by atoms with van der Waals surface area (Å²) in [6.45, 7) is 9.67. The molecule has 0 N–H and O–H groups in total. The van der Waals surface area contributed by atoms with Gasteiger partial charge in [0, 0.05) is 18.7 Å². The molecule has 2 aromatic heterocycles. The summed E-state index contributed by atoms with van der Waals surface area (Å²) in [6.07, 6.45) is 2.40. The van der Waals surface area contributed by atoms with Gasteiger partial charge in [0.05, 0.1) is 6.54 Å². The van der Waals surface area contributed by atoms with Gasteiger partial charge in [-0.25, -0.2) is 14.5 Å². The molecule has 0 aliphatic rings. The van der Waals surface area contributed by atoms with Crippen LogP contribution >= 0.6 is 11.6 Å². The van der Waals surface area contributed by atoms with Gasteiger partial charge >= 0.3 is 5.69 Å². The monoisotopic (exact) mass is 412 g/mol. The van der Waals surface area contributed by atoms with Gasteiger partial charge in [-0.1, -0.05) is 62.7 Å². The Morgan fingerprint density at radius 3 is 2.38 bits per heavy atom. The van der Waals surface area contributed by atoms with Gasteiger partial charge in [0.25, 0.3) is 0 Å². The minimum atomic E-state index is -0.0525. The van der Waals surface area contributed by atoms with Gasteiger partial charge in [-0.15, -0.1) is 0 Å². The molecule has 0 unspecified atom stereocenters. The zero-order chi connectivity index (χ0) is 21.0. The Balaban J connectivity index is 1.71. The lowest BCUT2D eigenvalue weighted by atomic mass is 9.87. The van der Waals surface area contributed by atoms with Crippen LogP contribution in [0.4, 0.5) is 0 Å². The smallest absolute Gasteiger partial charge is 0.279 e. The number of hydrogen-bond acceptors (Lipinski definition) is 3. The third-order valence-corrected chi connectivity index (χ3v) is 5.28. The van der Waals surface area contributed by atoms with Crippen molar-refractivity contribution in [1.82, 2.24) is 19.3 Å². The maximum absolute atomic E-state index is 12.8. The van der Waals surface area contributed by atoms with Crippen LogP contribution in [-0.2, 0) is 31.3 Å². The van der Waals surface area contributed by atoms with Gasteiger partial charge in [-0.2, -0.15) is 5.10 Å². The predicted octanol–water partition coefficient (Wildman–Crippen LogP) is 4.63. The molecule has 2 heterocycles. The van der Waals surface area contributed by atoms with Gasteiger partial charge in [0.1, 0.15) is 11.0 Å². The summed E-state index contributed by atoms with van der Waals surface area (Å²) < 4.78 is 3.33. The highest BCUT2D eigenvalue weighted by Gasteiger charge is 2.15. The fourth-order valence-electron chi connectivity index (χ4n) is 3.39. The van der Waals surface area contributed by atoms with E-state index in [-0.39, 0.29) is 11.1 Å². The number of rotatable bonds is 7. The lowest BCUT2D eigenvalue weighted by molar-refractivity contribution is 0.588. The van der Waals surface area contributed by atoms with E-state index in [0.29, 0.717) is 18.2 Å². The molecular weight excluding hydrogens is 384 g/mol. The van der Waals surface area contributed by atoms with Gasteiger partial charge in [-0.3, -0.25) is 4.57 Å². The molecule has 0 saturated carbocycles. The number of pyridine rings is 1. The van der Waals surface area contributed by atoms with Crippen LogP contribution in [0.25, 0.3) is 0 Å². The predicted molar refractivity (Wildman–Crippen MR) is 118 cm³/mol. The largest absolute Gasteiger partial charge is 0.346 e. The molecule has 0 saturated heterocycles. The SMILES string of the molecule is CCn1c(CCCc2cccc(Cl)n2)nn(Cc2ccc(C(C)(C)C)cc2)c1=O. The van der Waals surface area contributed by atoms with E-state index < -0.39 is 0 Å². The van der Waals surface area contributed by atoms with Crippen molar-refractivity contribution < 1.29 is 0 Å². The van der Waals surface area contributed by atoms with Gasteiger partial charge in [-0.05, 0) is 48.4 Å². The fourth-order valence-corrected chi connectivity index (χ4v) is 3.57. The van der Waals surface area contributed by atoms with E-state index in [1.165, 1.54) is 5.56 Å². The van der Waals surface area contributed by atoms with Gasteiger partial charge in [0.2, 0.25) is 0 Å². The molecule has 0 fully saturated rings. The third-order valence-electron chi connectivity index (χ3n) is 5.07. The lowest BCUT2D eigenvalue weighted by Crippen LogP contribution is -2.25. The summed E-state index contributed by atoms with van der Waals surface area (Å²) >= 11 is 5.95. The summed E-state index contributed by atoms with van der Waals surface area (Å²) in [5.74, 6) is 0.825. The molecule has 0 atom stereocenters. The quantitative estimate of drug-likeness (QED) is 0.531. The number of aryl methyl sites for hydroxylation is 2. The number of aromatic nitrogens is 4. The van der Waals surface area contributed by atoms with Crippen molar-refractivity contribution in [2.75, 3.05) is 0 Å². The van der Waals surface area contributed by atoms with Crippen molar-refractivity contribution in [1.29, 1.82) is 0 Å². The highest BCUT2D eigenvalue weighted by molar-refractivity contribution is 6.29. The Morgan fingerprint density at radius 1 is 1.03 bits per heavy atom. The summed E-state index contributed by atoms with van der Waals surface area (Å²) in [5, 5.41) is 5.13. The van der Waals surface area contributed by atoms with E-state index in [2.05, 4.69) is 55.1 Å². The third kappa shape index (κ3) is 5.36. The standard InChI is InChI=1S/C23H29ClN4O/c1-5-27-21(11-7-9-19-8-6-10-20(24)25-19)26-28(22(27)29)16-17-12-14-18(15-13-17)23(2,3)4/h6,8,10,12-15H,5,7,9,11,16H2,1-4H3. The molecule has 0 aliphatic heterocycles. The van der Waals surface area contributed by atoms with Gasteiger partial charge < -0.3 is 0 Å². The van der Waals surface area contributed by atoms with Crippen LogP contribution in [0.2, 0.25) is 5.15 Å². The molecule has 5 nitrogen and oxygen atoms in total. The molecule has 0 bridgehead atoms. The molecule has 1 aromatic carbocycles. The van der Waals surface area contributed by atoms with Crippen LogP contribution in [0, 0.1) is 0 Å². The van der Waals surface area contributed by atoms with Crippen molar-refractivity contribution in [2.45, 2.75) is 65.5 Å². The van der Waals surface area contributed by atoms with Crippen molar-refractivity contribution in [3.05, 3.63) is 80.7 Å². The van der Waals surface area contributed by atoms with E-state index in [9.17, 15) is 4.79 Å². The van der Waals surface area contributed by atoms with E-state index >= 15 is 0 Å². The van der Waals surface area contributed by atoms with Crippen LogP contribution in [-0.4, -0.2) is 19.3 Å². The molecule has 29 heavy (non-hydrogen) atoms. The fraction of sp³-hybridized carbons (Fsp3) is 0.435. The van der Waals surface area contributed by atoms with Crippen molar-refractivity contribution in [3.63, 3.8) is 0 Å². The number of benzene rings is 1. The van der Waals surface area contributed by atoms with E-state index in [1.807, 2.05) is 19.1 Å². The van der Waals surface area contributed by atoms with Crippen LogP contribution in [0.3, 0.4) is 0 Å². The second kappa shape index (κ2) is 8.95. The Bertz CT molecular complexity index is 1010. The first-order chi connectivity index (χ1) is 13.8. The molecule has 0 spiro atoms. The number of nitrogens with zero attached hydrogens (tertiary/aromatic N) is 4. The van der Waals surface area contributed by atoms with Crippen molar-refractivity contribution >= 4 is 11.6 Å². The zero-order valence-electron chi connectivity index (χ0n) is 17.7. The van der Waals surface area contributed by atoms with Gasteiger partial charge in [0.15, 0.2) is 0 Å². The van der Waals surface area contributed by atoms with Crippen molar-refractivity contribution in [3.8, 4) is 0 Å². The minimum absolute atomic E-state index is 0.0525. The maximum Gasteiger partial charge on any atom is 0.346 e. The van der Waals surface area contributed by atoms with E-state index in [0.717, 1.165) is 36.3 Å². The number of halogens is 1. The molecule has 6 heteroatoms. The molecular formula is C23H29ClN4O. The first-order valence-corrected chi connectivity index (χ1v) is 10.5. The summed E-state index contributed by atoms with van der Waals surface area (Å²) in [6, 6.07) is 14.1. The van der Waals surface area contributed by atoms with Crippen molar-refractivity contribution in [2.24, 2.45) is 0 Å². The molecule has 0 radical (unpaired) electrons. The normalized spacial score (nSPS) is 11.8. The van der Waals surface area contributed by atoms with Crippen LogP contribution in [0.5, 0.6) is 0 Å².